The van der Waals surface area contributed by atoms with Gasteiger partial charge in [0.1, 0.15) is 5.82 Å². The topological polar surface area (TPSA) is 171 Å². The van der Waals surface area contributed by atoms with Gasteiger partial charge >= 0.3 is 0 Å². The summed E-state index contributed by atoms with van der Waals surface area (Å²) in [5.41, 5.74) is 8.44. The first-order chi connectivity index (χ1) is 32.6. The molecule has 370 valence electrons. The number of carbonyl (C=O) groups is 6. The number of hydrogen-bond acceptors (Lipinski definition) is 7. The fourth-order valence-corrected chi connectivity index (χ4v) is 11.1. The molecule has 15 heteroatoms. The second-order valence-electron chi connectivity index (χ2n) is 19.0. The molecule has 0 bridgehead atoms. The molecule has 3 unspecified atom stereocenters. The number of imide groups is 1. The third kappa shape index (κ3) is 14.4. The van der Waals surface area contributed by atoms with Crippen molar-refractivity contribution in [2.45, 2.75) is 141 Å². The minimum absolute atomic E-state index is 0.0538. The standard InChI is InChI=1S/C22H23Cl2FN2O.C22H32N2O2.C8H13NO2.CH3NO/c23-14-6-4-7-15(12-14)27-21(28)19-17(16-8-5-9-18(24)20(16)25)13-26-22(19)10-2-1-3-11-22;1-16-9-10-20(15-21(16)23(3)17(2)25)18-11-13-24(14-12-18)22(26)19-7-5-4-6-8-19;1-2-3-6-4-5-7(10)9-8(6)11;2-1-3/h4-9,12,17,19,26H,1-3,10-11,13H2,(H,27,28);9-10,15,18-19H,4-8,11-14H2,1-3H3;6H,2-5H2,1H3,(H,9,10,11);1H,(H2,2,3). The maximum Gasteiger partial charge on any atom is 0.230 e. The molecule has 8 rings (SSSR count). The Morgan fingerprint density at radius 2 is 1.59 bits per heavy atom. The van der Waals surface area contributed by atoms with E-state index in [0.717, 1.165) is 95.0 Å². The van der Waals surface area contributed by atoms with Gasteiger partial charge in [-0.15, -0.1) is 0 Å². The fourth-order valence-electron chi connectivity index (χ4n) is 10.7. The summed E-state index contributed by atoms with van der Waals surface area (Å²) in [6, 6.07) is 18.6. The van der Waals surface area contributed by atoms with Crippen LogP contribution >= 0.6 is 23.2 Å². The van der Waals surface area contributed by atoms with Crippen molar-refractivity contribution in [2.75, 3.05) is 36.9 Å². The van der Waals surface area contributed by atoms with Crippen molar-refractivity contribution in [3.05, 3.63) is 93.2 Å². The summed E-state index contributed by atoms with van der Waals surface area (Å²) in [5.74, 6) is -0.0929. The Hall–Kier alpha value is -4.85. The van der Waals surface area contributed by atoms with Crippen molar-refractivity contribution in [3.63, 3.8) is 0 Å². The zero-order valence-corrected chi connectivity index (χ0v) is 41.7. The van der Waals surface area contributed by atoms with Crippen LogP contribution in [-0.4, -0.2) is 73.1 Å². The Bertz CT molecular complexity index is 2210. The lowest BCUT2D eigenvalue weighted by Gasteiger charge is -2.39. The van der Waals surface area contributed by atoms with E-state index < -0.39 is 5.82 Å². The number of aryl methyl sites for hydroxylation is 1. The molecule has 3 atom stereocenters. The highest BCUT2D eigenvalue weighted by atomic mass is 35.5. The van der Waals surface area contributed by atoms with E-state index in [-0.39, 0.29) is 64.3 Å². The highest BCUT2D eigenvalue weighted by molar-refractivity contribution is 6.31. The molecule has 1 spiro atoms. The molecular formula is C53H71Cl2FN6O6. The Morgan fingerprint density at radius 1 is 0.926 bits per heavy atom. The summed E-state index contributed by atoms with van der Waals surface area (Å²) in [7, 11) is 1.83. The van der Waals surface area contributed by atoms with Gasteiger partial charge in [0.15, 0.2) is 0 Å². The second-order valence-corrected chi connectivity index (χ2v) is 19.8. The van der Waals surface area contributed by atoms with Crippen LogP contribution in [0.25, 0.3) is 0 Å². The smallest absolute Gasteiger partial charge is 0.230 e. The van der Waals surface area contributed by atoms with E-state index in [9.17, 15) is 28.4 Å². The molecule has 5 N–H and O–H groups in total. The van der Waals surface area contributed by atoms with Gasteiger partial charge in [-0.3, -0.25) is 34.1 Å². The maximum absolute atomic E-state index is 14.8. The number of likely N-dealkylation sites (tertiary alicyclic amines) is 1. The Kier molecular flexibility index (Phi) is 20.9. The molecule has 12 nitrogen and oxygen atoms in total. The van der Waals surface area contributed by atoms with Crippen LogP contribution in [0.1, 0.15) is 145 Å². The molecular weight excluding hydrogens is 907 g/mol. The summed E-state index contributed by atoms with van der Waals surface area (Å²) in [6.45, 7) is 7.98. The van der Waals surface area contributed by atoms with Crippen molar-refractivity contribution in [3.8, 4) is 0 Å². The Morgan fingerprint density at radius 3 is 2.22 bits per heavy atom. The highest BCUT2D eigenvalue weighted by Crippen LogP contribution is 2.47. The normalized spacial score (nSPS) is 21.4. The molecule has 2 aliphatic carbocycles. The predicted molar refractivity (Wildman–Crippen MR) is 268 cm³/mol. The number of nitrogens with zero attached hydrogens (tertiary/aromatic N) is 2. The lowest BCUT2D eigenvalue weighted by molar-refractivity contribution is -0.138. The van der Waals surface area contributed by atoms with E-state index in [0.29, 0.717) is 41.1 Å². The van der Waals surface area contributed by atoms with Crippen LogP contribution in [0.5, 0.6) is 0 Å². The van der Waals surface area contributed by atoms with Crippen LogP contribution in [-0.2, 0) is 28.8 Å². The van der Waals surface area contributed by atoms with Crippen molar-refractivity contribution < 1.29 is 33.2 Å². The monoisotopic (exact) mass is 976 g/mol. The average molecular weight is 978 g/mol. The quantitative estimate of drug-likeness (QED) is 0.129. The van der Waals surface area contributed by atoms with Gasteiger partial charge in [0.05, 0.1) is 10.9 Å². The van der Waals surface area contributed by atoms with Crippen molar-refractivity contribution in [2.24, 2.45) is 23.5 Å². The number of rotatable bonds is 8. The van der Waals surface area contributed by atoms with E-state index in [2.05, 4.69) is 44.8 Å². The van der Waals surface area contributed by atoms with Crippen LogP contribution in [0, 0.1) is 30.5 Å². The third-order valence-corrected chi connectivity index (χ3v) is 15.0. The Labute approximate surface area is 412 Å². The number of primary amides is 1. The Balaban J connectivity index is 0.000000200. The molecule has 3 aromatic rings. The van der Waals surface area contributed by atoms with Gasteiger partial charge < -0.3 is 26.2 Å². The third-order valence-electron chi connectivity index (χ3n) is 14.5. The van der Waals surface area contributed by atoms with Crippen LogP contribution < -0.4 is 26.6 Å². The van der Waals surface area contributed by atoms with E-state index in [1.165, 1.54) is 31.2 Å². The summed E-state index contributed by atoms with van der Waals surface area (Å²) in [6.07, 6.45) is 16.4. The van der Waals surface area contributed by atoms with Crippen LogP contribution in [0.4, 0.5) is 15.8 Å². The summed E-state index contributed by atoms with van der Waals surface area (Å²) in [5, 5.41) is 9.60. The molecule has 3 aromatic carbocycles. The van der Waals surface area contributed by atoms with E-state index in [1.807, 2.05) is 27.0 Å². The van der Waals surface area contributed by atoms with Gasteiger partial charge in [0.25, 0.3) is 0 Å². The van der Waals surface area contributed by atoms with E-state index in [4.69, 9.17) is 28.0 Å². The van der Waals surface area contributed by atoms with Gasteiger partial charge in [-0.25, -0.2) is 4.39 Å². The van der Waals surface area contributed by atoms with Gasteiger partial charge in [0.2, 0.25) is 35.9 Å². The molecule has 0 radical (unpaired) electrons. The summed E-state index contributed by atoms with van der Waals surface area (Å²) >= 11 is 12.1. The largest absolute Gasteiger partial charge is 0.372 e. The second kappa shape index (κ2) is 26.2. The number of hydrogen-bond donors (Lipinski definition) is 4. The first kappa shape index (κ1) is 54.1. The zero-order chi connectivity index (χ0) is 49.4. The van der Waals surface area contributed by atoms with Crippen molar-refractivity contribution in [1.29, 1.82) is 0 Å². The minimum Gasteiger partial charge on any atom is -0.372 e. The molecule has 5 aliphatic rings. The number of piperidine rings is 2. The maximum atomic E-state index is 14.8. The fraction of sp³-hybridized carbons (Fsp3) is 0.547. The lowest BCUT2D eigenvalue weighted by Crippen LogP contribution is -2.50. The van der Waals surface area contributed by atoms with Crippen LogP contribution in [0.3, 0.4) is 0 Å². The van der Waals surface area contributed by atoms with E-state index in [1.54, 1.807) is 48.2 Å². The van der Waals surface area contributed by atoms with Crippen LogP contribution in [0.15, 0.2) is 60.7 Å². The van der Waals surface area contributed by atoms with Gasteiger partial charge in [0, 0.05) is 79.7 Å². The summed E-state index contributed by atoms with van der Waals surface area (Å²) in [4.78, 5) is 72.1. The number of nitrogens with two attached hydrogens (primary N) is 1. The van der Waals surface area contributed by atoms with Crippen molar-refractivity contribution >= 4 is 70.5 Å². The van der Waals surface area contributed by atoms with Crippen LogP contribution in [0.2, 0.25) is 10.0 Å². The molecule has 3 heterocycles. The molecule has 68 heavy (non-hydrogen) atoms. The van der Waals surface area contributed by atoms with Gasteiger partial charge in [-0.1, -0.05) is 105 Å². The molecule has 0 aromatic heterocycles. The van der Waals surface area contributed by atoms with Crippen molar-refractivity contribution in [1.82, 2.24) is 15.5 Å². The van der Waals surface area contributed by atoms with Gasteiger partial charge in [-0.05, 0) is 111 Å². The summed E-state index contributed by atoms with van der Waals surface area (Å²) < 4.78 is 14.8. The van der Waals surface area contributed by atoms with Gasteiger partial charge in [-0.2, -0.15) is 0 Å². The first-order valence-corrected chi connectivity index (χ1v) is 25.3. The lowest BCUT2D eigenvalue weighted by atomic mass is 9.69. The molecule has 3 saturated heterocycles. The molecule has 5 fully saturated rings. The highest BCUT2D eigenvalue weighted by Gasteiger charge is 2.53. The number of nitrogens with one attached hydrogen (secondary N) is 3. The first-order valence-electron chi connectivity index (χ1n) is 24.5. The molecule has 2 saturated carbocycles. The number of anilines is 2. The number of benzene rings is 3. The minimum atomic E-state index is -0.426. The number of halogens is 3. The molecule has 3 aliphatic heterocycles. The molecule has 6 amide bonds. The predicted octanol–water partition coefficient (Wildman–Crippen LogP) is 9.98. The number of amides is 6. The SMILES string of the molecule is CC(=O)N(C)c1cc(C2CCN(C(=O)C3CCCCC3)CC2)ccc1C.CCCC1CCC(=O)NC1=O.NC=O.O=C(Nc1cccc(Cl)c1)C1C(c2cccc(Cl)c2F)CNC12CCCCC2. The number of carbonyl (C=O) groups excluding carboxylic acids is 6. The van der Waals surface area contributed by atoms with E-state index >= 15 is 0 Å². The average Bonchev–Trinajstić information content (AvgIpc) is 3.69. The zero-order valence-electron chi connectivity index (χ0n) is 40.2.